The molecule has 0 aromatic heterocycles. The molecule has 0 amide bonds. The lowest BCUT2D eigenvalue weighted by molar-refractivity contribution is 1.22. The Kier molecular flexibility index (Phi) is 4.18. The van der Waals surface area contributed by atoms with Gasteiger partial charge in [0.2, 0.25) is 0 Å². The van der Waals surface area contributed by atoms with Gasteiger partial charge in [-0.3, -0.25) is 0 Å². The molecule has 0 N–H and O–H groups in total. The largest absolute Gasteiger partial charge is 0.0769 e. The van der Waals surface area contributed by atoms with E-state index in [0.717, 1.165) is 6.42 Å². The van der Waals surface area contributed by atoms with Gasteiger partial charge in [-0.2, -0.15) is 0 Å². The smallest absolute Gasteiger partial charge is 0.0187 e. The Morgan fingerprint density at radius 2 is 1.79 bits per heavy atom. The maximum absolute atomic E-state index is 2.27. The van der Waals surface area contributed by atoms with Crippen LogP contribution in [-0.2, 0) is 0 Å². The van der Waals surface area contributed by atoms with Gasteiger partial charge in [-0.05, 0) is 31.4 Å². The molecule has 0 atom stereocenters. The fourth-order valence-corrected chi connectivity index (χ4v) is 1.42. The summed E-state index contributed by atoms with van der Waals surface area (Å²) < 4.78 is 0. The van der Waals surface area contributed by atoms with Crippen LogP contribution in [0.15, 0.2) is 48.1 Å². The number of hydrogen-bond donors (Lipinski definition) is 0. The van der Waals surface area contributed by atoms with E-state index in [1.54, 1.807) is 0 Å². The number of rotatable bonds is 3. The van der Waals surface area contributed by atoms with Crippen LogP contribution in [0.2, 0.25) is 0 Å². The average Bonchev–Trinajstić information content (AvgIpc) is 2.18. The van der Waals surface area contributed by atoms with Gasteiger partial charge in [-0.25, -0.2) is 0 Å². The Balaban J connectivity index is 3.02. The molecular formula is C14H18. The lowest BCUT2D eigenvalue weighted by atomic mass is 10.0. The molecule has 0 saturated heterocycles. The van der Waals surface area contributed by atoms with Gasteiger partial charge in [-0.15, -0.1) is 0 Å². The van der Waals surface area contributed by atoms with Gasteiger partial charge in [-0.1, -0.05) is 55.0 Å². The van der Waals surface area contributed by atoms with E-state index >= 15 is 0 Å². The molecule has 0 aliphatic carbocycles. The Hall–Kier alpha value is -1.30. The minimum atomic E-state index is 1.08. The lowest BCUT2D eigenvalue weighted by Gasteiger charge is -2.03. The predicted molar refractivity (Wildman–Crippen MR) is 64.1 cm³/mol. The van der Waals surface area contributed by atoms with Crippen LogP contribution in [0.25, 0.3) is 5.57 Å². The standard InChI is InChI=1S/C14H18/c1-4-8-14(11-12(2)3)13-9-6-5-7-10-13/h5-11H,4H2,1-3H3/b14-8+. The molecule has 0 radical (unpaired) electrons. The van der Waals surface area contributed by atoms with Crippen molar-refractivity contribution in [2.45, 2.75) is 27.2 Å². The molecule has 1 aromatic carbocycles. The molecule has 0 fully saturated rings. The summed E-state index contributed by atoms with van der Waals surface area (Å²) >= 11 is 0. The van der Waals surface area contributed by atoms with Crippen molar-refractivity contribution in [2.75, 3.05) is 0 Å². The summed E-state index contributed by atoms with van der Waals surface area (Å²) in [4.78, 5) is 0. The molecule has 0 bridgehead atoms. The molecule has 1 rings (SSSR count). The SMILES string of the molecule is CC/C=C(\C=C(C)C)c1ccccc1. The molecule has 0 aliphatic heterocycles. The zero-order valence-corrected chi connectivity index (χ0v) is 9.25. The van der Waals surface area contributed by atoms with Gasteiger partial charge in [0, 0.05) is 0 Å². The normalized spacial score (nSPS) is 11.2. The van der Waals surface area contributed by atoms with Gasteiger partial charge in [0.1, 0.15) is 0 Å². The zero-order valence-electron chi connectivity index (χ0n) is 9.25. The van der Waals surface area contributed by atoms with Gasteiger partial charge >= 0.3 is 0 Å². The summed E-state index contributed by atoms with van der Waals surface area (Å²) in [5, 5.41) is 0. The predicted octanol–water partition coefficient (Wildman–Crippen LogP) is 4.45. The molecule has 74 valence electrons. The van der Waals surface area contributed by atoms with Crippen molar-refractivity contribution in [1.29, 1.82) is 0 Å². The van der Waals surface area contributed by atoms with Gasteiger partial charge in [0.25, 0.3) is 0 Å². The summed E-state index contributed by atoms with van der Waals surface area (Å²) in [6.45, 7) is 6.43. The van der Waals surface area contributed by atoms with Crippen LogP contribution in [0.3, 0.4) is 0 Å². The highest BCUT2D eigenvalue weighted by molar-refractivity contribution is 5.74. The zero-order chi connectivity index (χ0) is 10.4. The van der Waals surface area contributed by atoms with Crippen LogP contribution in [0, 0.1) is 0 Å². The second-order valence-corrected chi connectivity index (χ2v) is 3.66. The van der Waals surface area contributed by atoms with Crippen molar-refractivity contribution in [3.8, 4) is 0 Å². The van der Waals surface area contributed by atoms with Crippen molar-refractivity contribution in [1.82, 2.24) is 0 Å². The average molecular weight is 186 g/mol. The van der Waals surface area contributed by atoms with E-state index in [1.165, 1.54) is 16.7 Å². The first-order valence-electron chi connectivity index (χ1n) is 5.14. The molecular weight excluding hydrogens is 168 g/mol. The first kappa shape index (κ1) is 10.8. The Labute approximate surface area is 87.0 Å². The van der Waals surface area contributed by atoms with Gasteiger partial charge in [0.15, 0.2) is 0 Å². The molecule has 0 heteroatoms. The third kappa shape index (κ3) is 3.21. The topological polar surface area (TPSA) is 0 Å². The third-order valence-electron chi connectivity index (χ3n) is 1.98. The third-order valence-corrected chi connectivity index (χ3v) is 1.98. The minimum Gasteiger partial charge on any atom is -0.0769 e. The first-order valence-corrected chi connectivity index (χ1v) is 5.14. The number of hydrogen-bond acceptors (Lipinski definition) is 0. The number of benzene rings is 1. The summed E-state index contributed by atoms with van der Waals surface area (Å²) in [7, 11) is 0. The van der Waals surface area contributed by atoms with Crippen molar-refractivity contribution in [3.63, 3.8) is 0 Å². The second kappa shape index (κ2) is 5.43. The van der Waals surface area contributed by atoms with Crippen LogP contribution >= 0.6 is 0 Å². The summed E-state index contributed by atoms with van der Waals surface area (Å²) in [6, 6.07) is 10.5. The van der Waals surface area contributed by atoms with E-state index < -0.39 is 0 Å². The molecule has 0 heterocycles. The highest BCUT2D eigenvalue weighted by Gasteiger charge is 1.95. The maximum Gasteiger partial charge on any atom is -0.0187 e. The van der Waals surface area contributed by atoms with E-state index in [4.69, 9.17) is 0 Å². The quantitative estimate of drug-likeness (QED) is 0.612. The molecule has 14 heavy (non-hydrogen) atoms. The maximum atomic E-state index is 2.27. The van der Waals surface area contributed by atoms with Crippen LogP contribution in [-0.4, -0.2) is 0 Å². The van der Waals surface area contributed by atoms with Crippen LogP contribution in [0.4, 0.5) is 0 Å². The molecule has 0 spiro atoms. The van der Waals surface area contributed by atoms with Crippen LogP contribution in [0.1, 0.15) is 32.8 Å². The fraction of sp³-hybridized carbons (Fsp3) is 0.286. The van der Waals surface area contributed by atoms with Crippen LogP contribution in [0.5, 0.6) is 0 Å². The molecule has 0 aliphatic rings. The summed E-state index contributed by atoms with van der Waals surface area (Å²) in [5.74, 6) is 0. The van der Waals surface area contributed by atoms with E-state index in [1.807, 2.05) is 0 Å². The molecule has 1 aromatic rings. The summed E-state index contributed by atoms with van der Waals surface area (Å²) in [6.07, 6.45) is 5.58. The van der Waals surface area contributed by atoms with Crippen molar-refractivity contribution >= 4 is 5.57 Å². The van der Waals surface area contributed by atoms with Crippen molar-refractivity contribution in [2.24, 2.45) is 0 Å². The van der Waals surface area contributed by atoms with E-state index in [9.17, 15) is 0 Å². The highest BCUT2D eigenvalue weighted by atomic mass is 14.0. The molecule has 0 unspecified atom stereocenters. The number of allylic oxidation sites excluding steroid dienone is 4. The molecule has 0 nitrogen and oxygen atoms in total. The summed E-state index contributed by atoms with van der Waals surface area (Å²) in [5.41, 5.74) is 3.97. The first-order chi connectivity index (χ1) is 6.74. The Morgan fingerprint density at radius 3 is 2.29 bits per heavy atom. The second-order valence-electron chi connectivity index (χ2n) is 3.66. The van der Waals surface area contributed by atoms with Gasteiger partial charge in [0.05, 0.1) is 0 Å². The van der Waals surface area contributed by atoms with E-state index in [-0.39, 0.29) is 0 Å². The monoisotopic (exact) mass is 186 g/mol. The van der Waals surface area contributed by atoms with Crippen molar-refractivity contribution in [3.05, 3.63) is 53.6 Å². The van der Waals surface area contributed by atoms with Gasteiger partial charge < -0.3 is 0 Å². The Morgan fingerprint density at radius 1 is 1.14 bits per heavy atom. The van der Waals surface area contributed by atoms with Crippen LogP contribution < -0.4 is 0 Å². The molecule has 0 saturated carbocycles. The minimum absolute atomic E-state index is 1.08. The fourth-order valence-electron chi connectivity index (χ4n) is 1.42. The van der Waals surface area contributed by atoms with Crippen molar-refractivity contribution < 1.29 is 0 Å². The van der Waals surface area contributed by atoms with E-state index in [0.29, 0.717) is 0 Å². The Bertz CT molecular complexity index is 324. The highest BCUT2D eigenvalue weighted by Crippen LogP contribution is 2.17. The van der Waals surface area contributed by atoms with E-state index in [2.05, 4.69) is 63.3 Å². The lowest BCUT2D eigenvalue weighted by Crippen LogP contribution is -1.81.